The van der Waals surface area contributed by atoms with Gasteiger partial charge in [-0.2, -0.15) is 11.8 Å². The molecule has 188 valence electrons. The van der Waals surface area contributed by atoms with Gasteiger partial charge in [0.15, 0.2) is 0 Å². The summed E-state index contributed by atoms with van der Waals surface area (Å²) >= 11 is 1.88. The fraction of sp³-hybridized carbons (Fsp3) is 0.481. The van der Waals surface area contributed by atoms with Crippen molar-refractivity contribution >= 4 is 40.1 Å². The minimum absolute atomic E-state index is 0.141. The Bertz CT molecular complexity index is 1340. The second-order valence-electron chi connectivity index (χ2n) is 10.1. The highest BCUT2D eigenvalue weighted by Gasteiger charge is 2.56. The Balaban J connectivity index is 1.33. The summed E-state index contributed by atoms with van der Waals surface area (Å²) in [6.07, 6.45) is 10.6. The van der Waals surface area contributed by atoms with Gasteiger partial charge in [0.05, 0.1) is 22.1 Å². The predicted molar refractivity (Wildman–Crippen MR) is 141 cm³/mol. The van der Waals surface area contributed by atoms with E-state index in [1.807, 2.05) is 30.9 Å². The number of rotatable bonds is 7. The zero-order chi connectivity index (χ0) is 25.0. The lowest BCUT2D eigenvalue weighted by atomic mass is 9.89. The first-order chi connectivity index (χ1) is 17.4. The Morgan fingerprint density at radius 3 is 2.75 bits per heavy atom. The first-order valence-electron chi connectivity index (χ1n) is 12.6. The predicted octanol–water partition coefficient (Wildman–Crippen LogP) is 5.04. The SMILES string of the molecule is CCC(N)c1cnc(OC2CC(SC)C2)c2cnc(Nc3ccc4c(n3)C3(CC3)C(C)OC4=O)cc12. The highest BCUT2D eigenvalue weighted by atomic mass is 32.2. The summed E-state index contributed by atoms with van der Waals surface area (Å²) in [5.41, 5.74) is 8.64. The summed E-state index contributed by atoms with van der Waals surface area (Å²) in [6.45, 7) is 4.02. The normalized spacial score (nSPS) is 24.6. The summed E-state index contributed by atoms with van der Waals surface area (Å²) in [6, 6.07) is 5.45. The van der Waals surface area contributed by atoms with Gasteiger partial charge in [0.2, 0.25) is 5.88 Å². The minimum atomic E-state index is -0.300. The zero-order valence-electron chi connectivity index (χ0n) is 20.8. The van der Waals surface area contributed by atoms with Crippen LogP contribution in [0.4, 0.5) is 11.6 Å². The number of ether oxygens (including phenoxy) is 2. The molecule has 6 rings (SSSR count). The van der Waals surface area contributed by atoms with E-state index >= 15 is 0 Å². The molecule has 1 spiro atoms. The molecule has 3 aliphatic rings. The number of nitrogens with one attached hydrogen (secondary N) is 1. The molecule has 1 aliphatic heterocycles. The number of esters is 1. The van der Waals surface area contributed by atoms with Gasteiger partial charge in [0.25, 0.3) is 0 Å². The van der Waals surface area contributed by atoms with E-state index in [1.165, 1.54) is 0 Å². The van der Waals surface area contributed by atoms with Crippen molar-refractivity contribution in [3.8, 4) is 5.88 Å². The van der Waals surface area contributed by atoms with Crippen LogP contribution in [0.5, 0.6) is 5.88 Å². The molecule has 2 saturated carbocycles. The van der Waals surface area contributed by atoms with Crippen LogP contribution in [0.1, 0.15) is 73.6 Å². The van der Waals surface area contributed by atoms with Crippen molar-refractivity contribution in [3.63, 3.8) is 0 Å². The summed E-state index contributed by atoms with van der Waals surface area (Å²) < 4.78 is 11.8. The van der Waals surface area contributed by atoms with Crippen molar-refractivity contribution in [3.05, 3.63) is 47.4 Å². The van der Waals surface area contributed by atoms with Gasteiger partial charge >= 0.3 is 5.97 Å². The second-order valence-corrected chi connectivity index (χ2v) is 11.3. The Hall–Kier alpha value is -2.91. The molecule has 2 fully saturated rings. The van der Waals surface area contributed by atoms with Gasteiger partial charge in [0.1, 0.15) is 23.8 Å². The topological polar surface area (TPSA) is 112 Å². The molecule has 36 heavy (non-hydrogen) atoms. The fourth-order valence-electron chi connectivity index (χ4n) is 5.29. The fourth-order valence-corrected chi connectivity index (χ4v) is 6.10. The molecule has 9 heteroatoms. The lowest BCUT2D eigenvalue weighted by molar-refractivity contribution is 0.0183. The third kappa shape index (κ3) is 3.89. The number of nitrogens with two attached hydrogens (primary N) is 1. The smallest absolute Gasteiger partial charge is 0.340 e. The standard InChI is InChI=1S/C27H31N5O3S/c1-4-21(28)19-12-30-25(35-15-9-16(10-15)36-3)20-13-29-23(11-18(19)20)31-22-6-5-17-24(32-22)27(7-8-27)14(2)34-26(17)33/h5-6,11-16,21H,4,7-10,28H2,1-3H3,(H,29,31,32). The number of pyridine rings is 3. The molecule has 3 aromatic rings. The summed E-state index contributed by atoms with van der Waals surface area (Å²) in [5.74, 6) is 1.61. The van der Waals surface area contributed by atoms with Gasteiger partial charge in [-0.15, -0.1) is 0 Å². The van der Waals surface area contributed by atoms with Crippen LogP contribution in [0, 0.1) is 0 Å². The van der Waals surface area contributed by atoms with Gasteiger partial charge in [-0.05, 0) is 74.4 Å². The number of anilines is 2. The number of carbonyl (C=O) groups excluding carboxylic acids is 1. The van der Waals surface area contributed by atoms with Gasteiger partial charge in [-0.1, -0.05) is 6.92 Å². The molecule has 8 nitrogen and oxygen atoms in total. The van der Waals surface area contributed by atoms with Gasteiger partial charge in [0, 0.05) is 23.7 Å². The van der Waals surface area contributed by atoms with Crippen molar-refractivity contribution < 1.29 is 14.3 Å². The number of aromatic nitrogens is 3. The van der Waals surface area contributed by atoms with Crippen molar-refractivity contribution in [1.82, 2.24) is 15.0 Å². The minimum Gasteiger partial charge on any atom is -0.474 e. The maximum absolute atomic E-state index is 12.4. The second kappa shape index (κ2) is 8.88. The van der Waals surface area contributed by atoms with Crippen LogP contribution in [0.15, 0.2) is 30.6 Å². The van der Waals surface area contributed by atoms with E-state index in [9.17, 15) is 4.79 Å². The number of nitrogens with zero attached hydrogens (tertiary/aromatic N) is 3. The lowest BCUT2D eigenvalue weighted by Crippen LogP contribution is -2.36. The molecule has 3 N–H and O–H groups in total. The number of carbonyl (C=O) groups is 1. The van der Waals surface area contributed by atoms with Crippen LogP contribution in [-0.4, -0.2) is 44.6 Å². The van der Waals surface area contributed by atoms with E-state index in [0.717, 1.165) is 54.1 Å². The number of hydrogen-bond donors (Lipinski definition) is 2. The molecule has 0 radical (unpaired) electrons. The van der Waals surface area contributed by atoms with Crippen LogP contribution >= 0.6 is 11.8 Å². The molecule has 0 bridgehead atoms. The van der Waals surface area contributed by atoms with Gasteiger partial charge in [-0.3, -0.25) is 0 Å². The van der Waals surface area contributed by atoms with E-state index in [0.29, 0.717) is 28.3 Å². The summed E-state index contributed by atoms with van der Waals surface area (Å²) in [7, 11) is 0. The van der Waals surface area contributed by atoms with Crippen molar-refractivity contribution in [2.75, 3.05) is 11.6 Å². The molecule has 0 saturated heterocycles. The molecule has 0 amide bonds. The van der Waals surface area contributed by atoms with Crippen LogP contribution in [0.2, 0.25) is 0 Å². The molecule has 2 aliphatic carbocycles. The Labute approximate surface area is 214 Å². The number of thioether (sulfide) groups is 1. The molecular formula is C27H31N5O3S. The number of fused-ring (bicyclic) bond motifs is 3. The average molecular weight is 506 g/mol. The third-order valence-corrected chi connectivity index (χ3v) is 9.01. The average Bonchev–Trinajstić information content (AvgIpc) is 3.66. The lowest BCUT2D eigenvalue weighted by Gasteiger charge is -2.34. The highest BCUT2D eigenvalue weighted by molar-refractivity contribution is 7.99. The van der Waals surface area contributed by atoms with Crippen LogP contribution in [-0.2, 0) is 10.2 Å². The molecule has 0 aromatic carbocycles. The maximum Gasteiger partial charge on any atom is 0.340 e. The van der Waals surface area contributed by atoms with Crippen molar-refractivity contribution in [2.45, 2.75) is 74.9 Å². The summed E-state index contributed by atoms with van der Waals surface area (Å²) in [5, 5.41) is 5.84. The Morgan fingerprint density at radius 2 is 2.03 bits per heavy atom. The Kier molecular flexibility index (Phi) is 5.80. The Morgan fingerprint density at radius 1 is 1.22 bits per heavy atom. The quantitative estimate of drug-likeness (QED) is 0.426. The van der Waals surface area contributed by atoms with E-state index in [2.05, 4.69) is 28.5 Å². The number of hydrogen-bond acceptors (Lipinski definition) is 9. The van der Waals surface area contributed by atoms with Crippen molar-refractivity contribution in [1.29, 1.82) is 0 Å². The van der Waals surface area contributed by atoms with E-state index in [4.69, 9.17) is 20.2 Å². The molecule has 2 atom stereocenters. The van der Waals surface area contributed by atoms with Crippen LogP contribution < -0.4 is 15.8 Å². The molecular weight excluding hydrogens is 474 g/mol. The molecule has 4 heterocycles. The van der Waals surface area contributed by atoms with E-state index < -0.39 is 0 Å². The highest BCUT2D eigenvalue weighted by Crippen LogP contribution is 2.54. The molecule has 3 aromatic heterocycles. The van der Waals surface area contributed by atoms with Gasteiger partial charge in [-0.25, -0.2) is 19.7 Å². The zero-order valence-corrected chi connectivity index (χ0v) is 21.6. The van der Waals surface area contributed by atoms with E-state index in [-0.39, 0.29) is 29.6 Å². The van der Waals surface area contributed by atoms with E-state index in [1.54, 1.807) is 18.3 Å². The monoisotopic (exact) mass is 505 g/mol. The first kappa shape index (κ1) is 23.5. The first-order valence-corrected chi connectivity index (χ1v) is 13.9. The van der Waals surface area contributed by atoms with Crippen molar-refractivity contribution in [2.24, 2.45) is 5.73 Å². The van der Waals surface area contributed by atoms with Crippen LogP contribution in [0.3, 0.4) is 0 Å². The summed E-state index contributed by atoms with van der Waals surface area (Å²) in [4.78, 5) is 26.5. The number of cyclic esters (lactones) is 1. The van der Waals surface area contributed by atoms with Crippen LogP contribution in [0.25, 0.3) is 10.8 Å². The largest absolute Gasteiger partial charge is 0.474 e. The maximum atomic E-state index is 12.4. The van der Waals surface area contributed by atoms with Gasteiger partial charge < -0.3 is 20.5 Å². The molecule has 2 unspecified atom stereocenters. The third-order valence-electron chi connectivity index (χ3n) is 7.96.